The first-order valence-electron chi connectivity index (χ1n) is 9.46. The fraction of sp³-hybridized carbons (Fsp3) is 0.409. The van der Waals surface area contributed by atoms with Gasteiger partial charge in [0.2, 0.25) is 0 Å². The molecule has 0 radical (unpaired) electrons. The van der Waals surface area contributed by atoms with Crippen molar-refractivity contribution in [3.8, 4) is 11.5 Å². The summed E-state index contributed by atoms with van der Waals surface area (Å²) in [7, 11) is 5.04. The average molecular weight is 513 g/mol. The summed E-state index contributed by atoms with van der Waals surface area (Å²) in [4.78, 5) is 4.34. The molecule has 1 aliphatic rings. The zero-order valence-corrected chi connectivity index (χ0v) is 19.6. The summed E-state index contributed by atoms with van der Waals surface area (Å²) in [6.07, 6.45) is 2.08. The van der Waals surface area contributed by atoms with Gasteiger partial charge in [-0.2, -0.15) is 0 Å². The van der Waals surface area contributed by atoms with Gasteiger partial charge in [0.05, 0.1) is 20.3 Å². The zero-order chi connectivity index (χ0) is 20.1. The lowest BCUT2D eigenvalue weighted by Crippen LogP contribution is -2.42. The lowest BCUT2D eigenvalue weighted by Gasteiger charge is -2.23. The smallest absolute Gasteiger partial charge is 0.191 e. The second-order valence-electron chi connectivity index (χ2n) is 7.19. The van der Waals surface area contributed by atoms with Gasteiger partial charge in [0.15, 0.2) is 5.96 Å². The third-order valence-electron chi connectivity index (χ3n) is 5.36. The van der Waals surface area contributed by atoms with Crippen molar-refractivity contribution in [3.05, 3.63) is 59.4 Å². The number of aliphatic imine (C=N–C) groups is 1. The summed E-state index contributed by atoms with van der Waals surface area (Å²) in [5.41, 5.74) is 2.01. The Morgan fingerprint density at radius 2 is 1.93 bits per heavy atom. The van der Waals surface area contributed by atoms with Crippen LogP contribution in [0.25, 0.3) is 0 Å². The van der Waals surface area contributed by atoms with Crippen molar-refractivity contribution < 1.29 is 13.9 Å². The van der Waals surface area contributed by atoms with Gasteiger partial charge in [-0.25, -0.2) is 4.39 Å². The van der Waals surface area contributed by atoms with Crippen LogP contribution >= 0.6 is 24.0 Å². The van der Waals surface area contributed by atoms with Gasteiger partial charge in [0.1, 0.15) is 17.3 Å². The van der Waals surface area contributed by atoms with E-state index < -0.39 is 0 Å². The molecule has 0 saturated heterocycles. The van der Waals surface area contributed by atoms with Gasteiger partial charge in [-0.3, -0.25) is 4.99 Å². The highest BCUT2D eigenvalue weighted by atomic mass is 127. The van der Waals surface area contributed by atoms with Crippen molar-refractivity contribution in [1.29, 1.82) is 0 Å². The molecule has 2 N–H and O–H groups in total. The molecule has 29 heavy (non-hydrogen) atoms. The Morgan fingerprint density at radius 1 is 1.17 bits per heavy atom. The van der Waals surface area contributed by atoms with Gasteiger partial charge in [0, 0.05) is 24.6 Å². The molecule has 3 rings (SSSR count). The number of hydrogen-bond donors (Lipinski definition) is 2. The Labute approximate surface area is 189 Å². The van der Waals surface area contributed by atoms with Crippen LogP contribution in [0.3, 0.4) is 0 Å². The average Bonchev–Trinajstić information content (AvgIpc) is 3.51. The highest BCUT2D eigenvalue weighted by molar-refractivity contribution is 14.0. The standard InChI is InChI=1S/C22H28FN3O2.HI/c1-15(19-13-18(27-3)8-9-20(19)28-4)26-21(24-2)25-14-22(10-11-22)16-6-5-7-17(23)12-16;/h5-9,12-13,15H,10-11,14H2,1-4H3,(H2,24,25,26);1H. The summed E-state index contributed by atoms with van der Waals surface area (Å²) in [6, 6.07) is 12.6. The van der Waals surface area contributed by atoms with Gasteiger partial charge in [0.25, 0.3) is 0 Å². The van der Waals surface area contributed by atoms with Crippen molar-refractivity contribution in [1.82, 2.24) is 10.6 Å². The maximum atomic E-state index is 13.6. The molecule has 5 nitrogen and oxygen atoms in total. The molecule has 1 unspecified atom stereocenters. The van der Waals surface area contributed by atoms with E-state index in [1.807, 2.05) is 31.2 Å². The van der Waals surface area contributed by atoms with Gasteiger partial charge in [-0.1, -0.05) is 12.1 Å². The predicted octanol–water partition coefficient (Wildman–Crippen LogP) is 4.42. The maximum absolute atomic E-state index is 13.6. The number of rotatable bonds is 7. The predicted molar refractivity (Wildman–Crippen MR) is 125 cm³/mol. The van der Waals surface area contributed by atoms with Gasteiger partial charge in [-0.05, 0) is 55.7 Å². The third kappa shape index (κ3) is 5.52. The number of methoxy groups -OCH3 is 2. The fourth-order valence-corrected chi connectivity index (χ4v) is 3.44. The Hall–Kier alpha value is -2.03. The summed E-state index contributed by atoms with van der Waals surface area (Å²) in [5, 5.41) is 6.80. The lowest BCUT2D eigenvalue weighted by molar-refractivity contribution is 0.394. The van der Waals surface area contributed by atoms with Crippen molar-refractivity contribution in [3.63, 3.8) is 0 Å². The van der Waals surface area contributed by atoms with Crippen LogP contribution in [0.4, 0.5) is 4.39 Å². The molecule has 0 aromatic heterocycles. The van der Waals surface area contributed by atoms with Gasteiger partial charge < -0.3 is 20.1 Å². The quantitative estimate of drug-likeness (QED) is 0.327. The van der Waals surface area contributed by atoms with Crippen molar-refractivity contribution in [2.45, 2.75) is 31.2 Å². The van der Waals surface area contributed by atoms with Gasteiger partial charge in [-0.15, -0.1) is 24.0 Å². The van der Waals surface area contributed by atoms with Gasteiger partial charge >= 0.3 is 0 Å². The second kappa shape index (κ2) is 10.1. The van der Waals surface area contributed by atoms with E-state index in [2.05, 4.69) is 15.6 Å². The lowest BCUT2D eigenvalue weighted by atomic mass is 9.96. The highest BCUT2D eigenvalue weighted by Crippen LogP contribution is 2.47. The first kappa shape index (κ1) is 23.3. The van der Waals surface area contributed by atoms with Crippen molar-refractivity contribution >= 4 is 29.9 Å². The third-order valence-corrected chi connectivity index (χ3v) is 5.36. The topological polar surface area (TPSA) is 54.9 Å². The maximum Gasteiger partial charge on any atom is 0.191 e. The molecule has 1 fully saturated rings. The van der Waals surface area contributed by atoms with Crippen LogP contribution in [0.1, 0.15) is 36.9 Å². The number of nitrogens with one attached hydrogen (secondary N) is 2. The molecule has 7 heteroatoms. The molecule has 1 aliphatic carbocycles. The van der Waals surface area contributed by atoms with Crippen LogP contribution < -0.4 is 20.1 Å². The SMILES string of the molecule is CN=C(NCC1(c2cccc(F)c2)CC1)NC(C)c1cc(OC)ccc1OC.I. The molecule has 0 bridgehead atoms. The number of nitrogens with zero attached hydrogens (tertiary/aromatic N) is 1. The summed E-state index contributed by atoms with van der Waals surface area (Å²) >= 11 is 0. The minimum Gasteiger partial charge on any atom is -0.497 e. The first-order valence-corrected chi connectivity index (χ1v) is 9.46. The Morgan fingerprint density at radius 3 is 2.52 bits per heavy atom. The van der Waals surface area contributed by atoms with Crippen molar-refractivity contribution in [2.24, 2.45) is 4.99 Å². The normalized spacial score (nSPS) is 15.7. The molecule has 2 aromatic carbocycles. The molecule has 1 saturated carbocycles. The van der Waals surface area contributed by atoms with Crippen LogP contribution in [0.15, 0.2) is 47.5 Å². The van der Waals surface area contributed by atoms with Crippen LogP contribution in [0.2, 0.25) is 0 Å². The Balaban J connectivity index is 0.00000300. The molecular formula is C22H29FIN3O2. The van der Waals surface area contributed by atoms with E-state index in [0.717, 1.165) is 35.5 Å². The second-order valence-corrected chi connectivity index (χ2v) is 7.19. The van der Waals surface area contributed by atoms with E-state index in [1.54, 1.807) is 33.4 Å². The van der Waals surface area contributed by atoms with E-state index in [-0.39, 0.29) is 41.3 Å². The van der Waals surface area contributed by atoms with Crippen LogP contribution in [-0.2, 0) is 5.41 Å². The molecule has 0 aliphatic heterocycles. The van der Waals surface area contributed by atoms with E-state index >= 15 is 0 Å². The molecule has 0 amide bonds. The highest BCUT2D eigenvalue weighted by Gasteiger charge is 2.44. The van der Waals surface area contributed by atoms with Crippen LogP contribution in [0.5, 0.6) is 11.5 Å². The summed E-state index contributed by atoms with van der Waals surface area (Å²) in [5.74, 6) is 2.06. The summed E-state index contributed by atoms with van der Waals surface area (Å²) in [6.45, 7) is 2.75. The van der Waals surface area contributed by atoms with E-state index in [9.17, 15) is 4.39 Å². The molecule has 0 spiro atoms. The fourth-order valence-electron chi connectivity index (χ4n) is 3.44. The van der Waals surface area contributed by atoms with E-state index in [0.29, 0.717) is 12.5 Å². The molecule has 1 atom stereocenters. The first-order chi connectivity index (χ1) is 13.5. The number of benzene rings is 2. The molecule has 158 valence electrons. The molecular weight excluding hydrogens is 484 g/mol. The van der Waals surface area contributed by atoms with Crippen LogP contribution in [0, 0.1) is 5.82 Å². The van der Waals surface area contributed by atoms with Crippen molar-refractivity contribution in [2.75, 3.05) is 27.8 Å². The summed E-state index contributed by atoms with van der Waals surface area (Å²) < 4.78 is 24.4. The van der Waals surface area contributed by atoms with Crippen LogP contribution in [-0.4, -0.2) is 33.8 Å². The number of ether oxygens (including phenoxy) is 2. The minimum absolute atomic E-state index is 0. The monoisotopic (exact) mass is 513 g/mol. The Bertz CT molecular complexity index is 856. The van der Waals surface area contributed by atoms with E-state index in [1.165, 1.54) is 6.07 Å². The number of halogens is 2. The largest absolute Gasteiger partial charge is 0.497 e. The molecule has 0 heterocycles. The number of guanidine groups is 1. The minimum atomic E-state index is -0.190. The molecule has 2 aromatic rings. The number of hydrogen-bond acceptors (Lipinski definition) is 3. The Kier molecular flexibility index (Phi) is 8.13. The zero-order valence-electron chi connectivity index (χ0n) is 17.3. The van der Waals surface area contributed by atoms with E-state index in [4.69, 9.17) is 9.47 Å².